The van der Waals surface area contributed by atoms with E-state index in [4.69, 9.17) is 0 Å². The van der Waals surface area contributed by atoms with E-state index in [0.717, 1.165) is 31.6 Å². The molecule has 2 aromatic rings. The Morgan fingerprint density at radius 1 is 1.45 bits per heavy atom. The van der Waals surface area contributed by atoms with E-state index in [9.17, 15) is 4.79 Å². The first kappa shape index (κ1) is 12.8. The molecule has 1 amide bonds. The van der Waals surface area contributed by atoms with E-state index in [2.05, 4.69) is 20.4 Å². The van der Waals surface area contributed by atoms with Crippen molar-refractivity contribution in [1.29, 1.82) is 0 Å². The van der Waals surface area contributed by atoms with Crippen LogP contribution in [0.25, 0.3) is 0 Å². The number of hydrogen-bond donors (Lipinski definition) is 1. The number of nitrogens with one attached hydrogen (secondary N) is 1. The Kier molecular flexibility index (Phi) is 3.45. The number of likely N-dealkylation sites (tertiary alicyclic amines) is 1. The predicted molar refractivity (Wildman–Crippen MR) is 73.1 cm³/mol. The first-order valence-corrected chi connectivity index (χ1v) is 6.80. The van der Waals surface area contributed by atoms with Crippen molar-refractivity contribution in [2.45, 2.75) is 19.8 Å². The number of hydrogen-bond acceptors (Lipinski definition) is 4. The minimum absolute atomic E-state index is 0.0280. The number of rotatable bonds is 3. The van der Waals surface area contributed by atoms with Crippen molar-refractivity contribution in [3.05, 3.63) is 41.5 Å². The fraction of sp³-hybridized carbons (Fsp3) is 0.429. The molecule has 20 heavy (non-hydrogen) atoms. The summed E-state index contributed by atoms with van der Waals surface area (Å²) in [5, 5.41) is 10.3. The van der Waals surface area contributed by atoms with Gasteiger partial charge in [0.15, 0.2) is 5.69 Å². The van der Waals surface area contributed by atoms with Crippen molar-refractivity contribution in [3.8, 4) is 0 Å². The Morgan fingerprint density at radius 2 is 2.35 bits per heavy atom. The molecule has 1 fully saturated rings. The first-order chi connectivity index (χ1) is 9.74. The van der Waals surface area contributed by atoms with Crippen LogP contribution in [-0.2, 0) is 6.42 Å². The molecule has 1 atom stereocenters. The third-order valence-corrected chi connectivity index (χ3v) is 3.72. The second-order valence-corrected chi connectivity index (χ2v) is 5.19. The highest BCUT2D eigenvalue weighted by Gasteiger charge is 2.29. The van der Waals surface area contributed by atoms with E-state index in [0.29, 0.717) is 17.3 Å². The molecule has 6 heteroatoms. The second-order valence-electron chi connectivity index (χ2n) is 5.19. The maximum absolute atomic E-state index is 12.3. The fourth-order valence-electron chi connectivity index (χ4n) is 2.63. The summed E-state index contributed by atoms with van der Waals surface area (Å²) in [5.74, 6) is 0.445. The average molecular weight is 271 g/mol. The van der Waals surface area contributed by atoms with Gasteiger partial charge < -0.3 is 4.90 Å². The van der Waals surface area contributed by atoms with Gasteiger partial charge in [0.25, 0.3) is 5.91 Å². The van der Waals surface area contributed by atoms with Gasteiger partial charge in [-0.3, -0.25) is 9.78 Å². The maximum Gasteiger partial charge on any atom is 0.276 e. The molecule has 0 aromatic carbocycles. The minimum Gasteiger partial charge on any atom is -0.337 e. The zero-order valence-corrected chi connectivity index (χ0v) is 11.4. The number of pyridine rings is 1. The Balaban J connectivity index is 1.62. The molecule has 3 heterocycles. The van der Waals surface area contributed by atoms with Gasteiger partial charge in [0.2, 0.25) is 0 Å². The number of aryl methyl sites for hydroxylation is 1. The van der Waals surface area contributed by atoms with Crippen LogP contribution in [0.4, 0.5) is 0 Å². The smallest absolute Gasteiger partial charge is 0.276 e. The van der Waals surface area contributed by atoms with Crippen LogP contribution < -0.4 is 0 Å². The van der Waals surface area contributed by atoms with Crippen molar-refractivity contribution in [2.24, 2.45) is 5.92 Å². The van der Waals surface area contributed by atoms with Crippen molar-refractivity contribution < 1.29 is 4.79 Å². The lowest BCUT2D eigenvalue weighted by molar-refractivity contribution is 0.0780. The number of carbonyl (C=O) groups excluding carboxylic acids is 1. The van der Waals surface area contributed by atoms with Gasteiger partial charge in [0.05, 0.1) is 5.69 Å². The lowest BCUT2D eigenvalue weighted by Gasteiger charge is -2.15. The molecule has 1 aliphatic heterocycles. The normalized spacial score (nSPS) is 18.4. The van der Waals surface area contributed by atoms with Crippen molar-refractivity contribution in [3.63, 3.8) is 0 Å². The number of nitrogens with zero attached hydrogens (tertiary/aromatic N) is 4. The van der Waals surface area contributed by atoms with E-state index in [1.54, 1.807) is 6.92 Å². The SMILES string of the molecule is Cc1n[nH]nc1C(=O)N1CCC(Cc2ccccn2)C1. The van der Waals surface area contributed by atoms with Gasteiger partial charge in [0, 0.05) is 25.0 Å². The van der Waals surface area contributed by atoms with Gasteiger partial charge in [-0.05, 0) is 37.8 Å². The molecule has 104 valence electrons. The second kappa shape index (κ2) is 5.40. The van der Waals surface area contributed by atoms with Gasteiger partial charge in [-0.1, -0.05) is 6.07 Å². The van der Waals surface area contributed by atoms with E-state index in [1.807, 2.05) is 29.3 Å². The molecular weight excluding hydrogens is 254 g/mol. The van der Waals surface area contributed by atoms with Gasteiger partial charge in [0.1, 0.15) is 0 Å². The maximum atomic E-state index is 12.3. The number of carbonyl (C=O) groups is 1. The highest BCUT2D eigenvalue weighted by molar-refractivity contribution is 5.93. The molecule has 1 N–H and O–H groups in total. The number of amides is 1. The Morgan fingerprint density at radius 3 is 3.05 bits per heavy atom. The molecule has 3 rings (SSSR count). The third-order valence-electron chi connectivity index (χ3n) is 3.72. The molecule has 0 spiro atoms. The largest absolute Gasteiger partial charge is 0.337 e. The van der Waals surface area contributed by atoms with Crippen LogP contribution in [-0.4, -0.2) is 44.3 Å². The Hall–Kier alpha value is -2.24. The standard InChI is InChI=1S/C14H17N5O/c1-10-13(17-18-16-10)14(20)19-7-5-11(9-19)8-12-4-2-3-6-15-12/h2-4,6,11H,5,7-9H2,1H3,(H,16,17,18). The molecule has 2 aromatic heterocycles. The first-order valence-electron chi connectivity index (χ1n) is 6.80. The molecule has 1 aliphatic rings. The summed E-state index contributed by atoms with van der Waals surface area (Å²) in [6.45, 7) is 3.34. The molecule has 6 nitrogen and oxygen atoms in total. The lowest BCUT2D eigenvalue weighted by atomic mass is 10.0. The van der Waals surface area contributed by atoms with Crippen LogP contribution in [0.15, 0.2) is 24.4 Å². The molecule has 1 saturated heterocycles. The molecule has 0 radical (unpaired) electrons. The zero-order chi connectivity index (χ0) is 13.9. The zero-order valence-electron chi connectivity index (χ0n) is 11.4. The summed E-state index contributed by atoms with van der Waals surface area (Å²) in [7, 11) is 0. The highest BCUT2D eigenvalue weighted by Crippen LogP contribution is 2.21. The monoisotopic (exact) mass is 271 g/mol. The summed E-state index contributed by atoms with van der Waals surface area (Å²) in [6.07, 6.45) is 3.74. The summed E-state index contributed by atoms with van der Waals surface area (Å²) in [4.78, 5) is 18.5. The number of aromatic nitrogens is 4. The molecule has 1 unspecified atom stereocenters. The Bertz CT molecular complexity index is 595. The van der Waals surface area contributed by atoms with E-state index in [1.165, 1.54) is 0 Å². The van der Waals surface area contributed by atoms with E-state index in [-0.39, 0.29) is 5.91 Å². The summed E-state index contributed by atoms with van der Waals surface area (Å²) in [6, 6.07) is 5.95. The van der Waals surface area contributed by atoms with Gasteiger partial charge in [-0.15, -0.1) is 0 Å². The van der Waals surface area contributed by atoms with Crippen molar-refractivity contribution >= 4 is 5.91 Å². The van der Waals surface area contributed by atoms with Gasteiger partial charge in [-0.2, -0.15) is 15.4 Å². The van der Waals surface area contributed by atoms with E-state index < -0.39 is 0 Å². The van der Waals surface area contributed by atoms with Gasteiger partial charge >= 0.3 is 0 Å². The van der Waals surface area contributed by atoms with Crippen LogP contribution in [0.1, 0.15) is 28.3 Å². The fourth-order valence-corrected chi connectivity index (χ4v) is 2.63. The minimum atomic E-state index is -0.0280. The van der Waals surface area contributed by atoms with Crippen LogP contribution in [0, 0.1) is 12.8 Å². The predicted octanol–water partition coefficient (Wildman–Crippen LogP) is 1.21. The number of H-pyrrole nitrogens is 1. The van der Waals surface area contributed by atoms with Crippen LogP contribution in [0.5, 0.6) is 0 Å². The van der Waals surface area contributed by atoms with Crippen molar-refractivity contribution in [2.75, 3.05) is 13.1 Å². The molecular formula is C14H17N5O. The van der Waals surface area contributed by atoms with E-state index >= 15 is 0 Å². The topological polar surface area (TPSA) is 74.8 Å². The highest BCUT2D eigenvalue weighted by atomic mass is 16.2. The molecule has 0 aliphatic carbocycles. The summed E-state index contributed by atoms with van der Waals surface area (Å²) >= 11 is 0. The summed E-state index contributed by atoms with van der Waals surface area (Å²) < 4.78 is 0. The number of aromatic amines is 1. The summed E-state index contributed by atoms with van der Waals surface area (Å²) in [5.41, 5.74) is 2.18. The van der Waals surface area contributed by atoms with Crippen LogP contribution in [0.2, 0.25) is 0 Å². The third kappa shape index (κ3) is 2.54. The molecule has 0 bridgehead atoms. The lowest BCUT2D eigenvalue weighted by Crippen LogP contribution is -2.29. The quantitative estimate of drug-likeness (QED) is 0.910. The van der Waals surface area contributed by atoms with Crippen LogP contribution >= 0.6 is 0 Å². The van der Waals surface area contributed by atoms with Crippen molar-refractivity contribution in [1.82, 2.24) is 25.3 Å². The Labute approximate surface area is 117 Å². The van der Waals surface area contributed by atoms with Crippen LogP contribution in [0.3, 0.4) is 0 Å². The average Bonchev–Trinajstić information content (AvgIpc) is 3.08. The molecule has 0 saturated carbocycles. The van der Waals surface area contributed by atoms with Gasteiger partial charge in [-0.25, -0.2) is 0 Å².